The number of hydrogen-bond acceptors (Lipinski definition) is 5. The van der Waals surface area contributed by atoms with Crippen molar-refractivity contribution >= 4 is 21.6 Å². The number of nitrogens with one attached hydrogen (secondary N) is 2. The van der Waals surface area contributed by atoms with Crippen molar-refractivity contribution < 1.29 is 17.9 Å². The zero-order chi connectivity index (χ0) is 23.2. The molecule has 0 saturated carbocycles. The summed E-state index contributed by atoms with van der Waals surface area (Å²) in [5.74, 6) is 0.113. The smallest absolute Gasteiger partial charge is 0.243 e. The Morgan fingerprint density at radius 1 is 1.10 bits per heavy atom. The van der Waals surface area contributed by atoms with Crippen molar-refractivity contribution in [3.05, 3.63) is 53.1 Å². The van der Waals surface area contributed by atoms with Crippen LogP contribution in [0.5, 0.6) is 5.75 Å². The average Bonchev–Trinajstić information content (AvgIpc) is 2.74. The Morgan fingerprint density at radius 3 is 2.39 bits per heavy atom. The fourth-order valence-corrected chi connectivity index (χ4v) is 4.92. The minimum atomic E-state index is -3.64. The van der Waals surface area contributed by atoms with E-state index < -0.39 is 10.0 Å². The number of carbonyl (C=O) groups excluding carboxylic acids is 1. The molecule has 0 aliphatic rings. The van der Waals surface area contributed by atoms with E-state index >= 15 is 0 Å². The molecule has 2 aromatic rings. The maximum absolute atomic E-state index is 12.8. The molecular formula is C23H33N3O4S. The van der Waals surface area contributed by atoms with E-state index in [1.807, 2.05) is 20.8 Å². The van der Waals surface area contributed by atoms with Crippen LogP contribution < -0.4 is 15.4 Å². The first-order chi connectivity index (χ1) is 14.6. The van der Waals surface area contributed by atoms with Gasteiger partial charge in [-0.25, -0.2) is 8.42 Å². The molecule has 0 radical (unpaired) electrons. The van der Waals surface area contributed by atoms with E-state index in [1.54, 1.807) is 19.9 Å². The van der Waals surface area contributed by atoms with Crippen LogP contribution in [0.2, 0.25) is 0 Å². The monoisotopic (exact) mass is 447 g/mol. The normalized spacial score (nSPS) is 12.6. The number of methoxy groups -OCH3 is 1. The molecule has 7 nitrogen and oxygen atoms in total. The number of aryl methyl sites for hydroxylation is 2. The number of rotatable bonds is 10. The second kappa shape index (κ2) is 10.7. The van der Waals surface area contributed by atoms with Gasteiger partial charge >= 0.3 is 0 Å². The molecule has 0 aliphatic carbocycles. The van der Waals surface area contributed by atoms with E-state index in [1.165, 1.54) is 23.5 Å². The Balaban J connectivity index is 2.15. The number of carbonyl (C=O) groups is 1. The van der Waals surface area contributed by atoms with Gasteiger partial charge in [0, 0.05) is 19.1 Å². The van der Waals surface area contributed by atoms with E-state index in [9.17, 15) is 13.2 Å². The van der Waals surface area contributed by atoms with Crippen LogP contribution in [0.3, 0.4) is 0 Å². The third-order valence-electron chi connectivity index (χ3n) is 5.26. The highest BCUT2D eigenvalue weighted by atomic mass is 32.2. The zero-order valence-electron chi connectivity index (χ0n) is 19.2. The molecular weight excluding hydrogens is 414 g/mol. The summed E-state index contributed by atoms with van der Waals surface area (Å²) < 4.78 is 32.3. The van der Waals surface area contributed by atoms with Crippen LogP contribution in [0.15, 0.2) is 41.3 Å². The molecule has 1 amide bonds. The second-order valence-corrected chi connectivity index (χ2v) is 9.40. The average molecular weight is 448 g/mol. The molecule has 2 N–H and O–H groups in total. The fourth-order valence-electron chi connectivity index (χ4n) is 3.43. The summed E-state index contributed by atoms with van der Waals surface area (Å²) in [6, 6.07) is 10.7. The van der Waals surface area contributed by atoms with Crippen molar-refractivity contribution in [2.45, 2.75) is 45.6 Å². The van der Waals surface area contributed by atoms with Crippen LogP contribution in [0.25, 0.3) is 0 Å². The molecule has 0 aliphatic heterocycles. The summed E-state index contributed by atoms with van der Waals surface area (Å²) in [5, 5.41) is 6.00. The van der Waals surface area contributed by atoms with Gasteiger partial charge in [0.2, 0.25) is 15.9 Å². The summed E-state index contributed by atoms with van der Waals surface area (Å²) in [5.41, 5.74) is 3.77. The Morgan fingerprint density at radius 2 is 1.77 bits per heavy atom. The molecule has 1 unspecified atom stereocenters. The van der Waals surface area contributed by atoms with Crippen LogP contribution >= 0.6 is 0 Å². The number of amides is 1. The topological polar surface area (TPSA) is 87.7 Å². The second-order valence-electron chi connectivity index (χ2n) is 7.46. The summed E-state index contributed by atoms with van der Waals surface area (Å²) in [4.78, 5) is 12.7. The predicted molar refractivity (Wildman–Crippen MR) is 124 cm³/mol. The molecule has 0 heterocycles. The molecule has 0 fully saturated rings. The van der Waals surface area contributed by atoms with Gasteiger partial charge in [0.1, 0.15) is 5.75 Å². The predicted octanol–water partition coefficient (Wildman–Crippen LogP) is 3.63. The zero-order valence-corrected chi connectivity index (χ0v) is 20.0. The first-order valence-electron chi connectivity index (χ1n) is 10.4. The Hall–Kier alpha value is -2.42. The van der Waals surface area contributed by atoms with Crippen molar-refractivity contribution in [2.24, 2.45) is 0 Å². The van der Waals surface area contributed by atoms with Crippen LogP contribution in [-0.4, -0.2) is 45.4 Å². The number of benzene rings is 2. The van der Waals surface area contributed by atoms with Gasteiger partial charge in [-0.1, -0.05) is 37.6 Å². The lowest BCUT2D eigenvalue weighted by molar-refractivity contribution is -0.115. The molecule has 0 aromatic heterocycles. The van der Waals surface area contributed by atoms with Gasteiger partial charge < -0.3 is 15.4 Å². The van der Waals surface area contributed by atoms with E-state index in [0.717, 1.165) is 16.7 Å². The number of anilines is 1. The Labute approximate surface area is 185 Å². The van der Waals surface area contributed by atoms with Crippen molar-refractivity contribution in [2.75, 3.05) is 32.1 Å². The summed E-state index contributed by atoms with van der Waals surface area (Å²) in [7, 11) is -2.17. The SMILES string of the molecule is CCN(CC)S(=O)(=O)c1ccc(OC)c(NC(=O)CNC(C)c2cc(C)ccc2C)c1. The standard InChI is InChI=1S/C23H33N3O4S/c1-7-26(8-2)31(28,29)19-11-12-22(30-6)21(14-19)25-23(27)15-24-18(5)20-13-16(3)9-10-17(20)4/h9-14,18,24H,7-8,15H2,1-6H3,(H,25,27). The van der Waals surface area contributed by atoms with Gasteiger partial charge in [-0.2, -0.15) is 4.31 Å². The van der Waals surface area contributed by atoms with Gasteiger partial charge in [-0.05, 0) is 50.1 Å². The van der Waals surface area contributed by atoms with Crippen molar-refractivity contribution in [3.63, 3.8) is 0 Å². The maximum Gasteiger partial charge on any atom is 0.243 e. The summed E-state index contributed by atoms with van der Waals surface area (Å²) >= 11 is 0. The summed E-state index contributed by atoms with van der Waals surface area (Å²) in [6.07, 6.45) is 0. The Bertz CT molecular complexity index is 1020. The quantitative estimate of drug-likeness (QED) is 0.581. The van der Waals surface area contributed by atoms with Crippen LogP contribution in [0.4, 0.5) is 5.69 Å². The van der Waals surface area contributed by atoms with E-state index in [-0.39, 0.29) is 23.4 Å². The van der Waals surface area contributed by atoms with Crippen molar-refractivity contribution in [1.82, 2.24) is 9.62 Å². The first-order valence-corrected chi connectivity index (χ1v) is 11.9. The molecule has 8 heteroatoms. The minimum Gasteiger partial charge on any atom is -0.495 e. The van der Waals surface area contributed by atoms with Crippen LogP contribution in [-0.2, 0) is 14.8 Å². The summed E-state index contributed by atoms with van der Waals surface area (Å²) in [6.45, 7) is 10.5. The highest BCUT2D eigenvalue weighted by Crippen LogP contribution is 2.29. The molecule has 2 rings (SSSR count). The highest BCUT2D eigenvalue weighted by Gasteiger charge is 2.23. The lowest BCUT2D eigenvalue weighted by atomic mass is 10.00. The molecule has 170 valence electrons. The van der Waals surface area contributed by atoms with E-state index in [4.69, 9.17) is 4.74 Å². The third kappa shape index (κ3) is 6.06. The molecule has 0 saturated heterocycles. The Kier molecular flexibility index (Phi) is 8.61. The van der Waals surface area contributed by atoms with E-state index in [2.05, 4.69) is 28.8 Å². The van der Waals surface area contributed by atoms with Crippen molar-refractivity contribution in [3.8, 4) is 5.75 Å². The number of ether oxygens (including phenoxy) is 1. The van der Waals surface area contributed by atoms with Gasteiger partial charge in [0.15, 0.2) is 0 Å². The number of sulfonamides is 1. The molecule has 1 atom stereocenters. The maximum atomic E-state index is 12.8. The van der Waals surface area contributed by atoms with Crippen LogP contribution in [0.1, 0.15) is 43.5 Å². The highest BCUT2D eigenvalue weighted by molar-refractivity contribution is 7.89. The molecule has 0 spiro atoms. The lowest BCUT2D eigenvalue weighted by Crippen LogP contribution is -2.31. The van der Waals surface area contributed by atoms with Gasteiger partial charge in [-0.3, -0.25) is 4.79 Å². The van der Waals surface area contributed by atoms with Crippen LogP contribution in [0, 0.1) is 13.8 Å². The van der Waals surface area contributed by atoms with Crippen molar-refractivity contribution in [1.29, 1.82) is 0 Å². The number of nitrogens with zero attached hydrogens (tertiary/aromatic N) is 1. The first kappa shape index (κ1) is 24.8. The molecule has 31 heavy (non-hydrogen) atoms. The largest absolute Gasteiger partial charge is 0.495 e. The third-order valence-corrected chi connectivity index (χ3v) is 7.30. The number of hydrogen-bond donors (Lipinski definition) is 2. The van der Waals surface area contributed by atoms with Gasteiger partial charge in [0.05, 0.1) is 24.2 Å². The van der Waals surface area contributed by atoms with Gasteiger partial charge in [0.25, 0.3) is 0 Å². The fraction of sp³-hybridized carbons (Fsp3) is 0.435. The minimum absolute atomic E-state index is 0.0121. The van der Waals surface area contributed by atoms with Gasteiger partial charge in [-0.15, -0.1) is 0 Å². The molecule has 2 aromatic carbocycles. The van der Waals surface area contributed by atoms with E-state index in [0.29, 0.717) is 24.5 Å². The lowest BCUT2D eigenvalue weighted by Gasteiger charge is -2.20. The molecule has 0 bridgehead atoms.